The number of carbonyl (C=O) groups excluding carboxylic acids is 8. The monoisotopic (exact) mass is 1080 g/mol. The third-order valence-corrected chi connectivity index (χ3v) is 14.1. The summed E-state index contributed by atoms with van der Waals surface area (Å²) in [7, 11) is 0. The number of nitrogens with zero attached hydrogens (tertiary/aromatic N) is 1. The zero-order chi connectivity index (χ0) is 56.7. The van der Waals surface area contributed by atoms with Crippen molar-refractivity contribution >= 4 is 101 Å². The second-order valence-electron chi connectivity index (χ2n) is 18.2. The van der Waals surface area contributed by atoms with E-state index in [2.05, 4.69) is 41.5 Å². The van der Waals surface area contributed by atoms with Crippen molar-refractivity contribution in [1.82, 2.24) is 36.6 Å². The Kier molecular flexibility index (Phi) is 22.0. The van der Waals surface area contributed by atoms with Crippen molar-refractivity contribution in [3.05, 3.63) is 61.7 Å². The molecule has 1 saturated heterocycles. The number of aliphatic hydroxyl groups excluding tert-OH is 1. The summed E-state index contributed by atoms with van der Waals surface area (Å²) in [5, 5.41) is 51.5. The summed E-state index contributed by atoms with van der Waals surface area (Å²) >= 11 is 1.08. The first-order valence-electron chi connectivity index (χ1n) is 24.1. The van der Waals surface area contributed by atoms with Crippen LogP contribution >= 0.6 is 11.8 Å². The highest BCUT2D eigenvalue weighted by molar-refractivity contribution is 8.00. The molecule has 0 saturated carbocycles. The summed E-state index contributed by atoms with van der Waals surface area (Å²) in [5.41, 5.74) is 20.9. The molecular weight excluding hydrogens is 1010 g/mol. The number of aliphatic imine (C=N–C) groups is 1. The number of allylic oxidation sites excluding steroid dienone is 2. The minimum atomic E-state index is -1.80. The van der Waals surface area contributed by atoms with Crippen molar-refractivity contribution in [3.63, 3.8) is 0 Å². The molecule has 2 aliphatic heterocycles. The van der Waals surface area contributed by atoms with Crippen LogP contribution in [0, 0.1) is 18.8 Å². The maximum absolute atomic E-state index is 14.0. The molecular formula is C49H65N11O15S. The largest absolute Gasteiger partial charge is 0.481 e. The quantitative estimate of drug-likeness (QED) is 0.0385. The topological polar surface area (TPSA) is 451 Å². The van der Waals surface area contributed by atoms with E-state index in [0.717, 1.165) is 17.3 Å². The van der Waals surface area contributed by atoms with E-state index in [9.17, 15) is 73.2 Å². The van der Waals surface area contributed by atoms with Crippen LogP contribution in [-0.4, -0.2) is 150 Å². The highest BCUT2D eigenvalue weighted by Gasteiger charge is 2.40. The van der Waals surface area contributed by atoms with Crippen molar-refractivity contribution in [2.45, 2.75) is 115 Å². The van der Waals surface area contributed by atoms with Crippen molar-refractivity contribution in [3.8, 4) is 0 Å². The van der Waals surface area contributed by atoms with Crippen LogP contribution < -0.4 is 54.5 Å². The molecule has 0 bridgehead atoms. The number of aromatic amines is 2. The van der Waals surface area contributed by atoms with Gasteiger partial charge in [0, 0.05) is 75.5 Å². The fourth-order valence-corrected chi connectivity index (χ4v) is 9.91. The van der Waals surface area contributed by atoms with Crippen molar-refractivity contribution < 1.29 is 73.2 Å². The van der Waals surface area contributed by atoms with E-state index in [0.29, 0.717) is 62.2 Å². The lowest BCUT2D eigenvalue weighted by Crippen LogP contribution is -2.59. The van der Waals surface area contributed by atoms with Crippen LogP contribution in [0.5, 0.6) is 0 Å². The Bertz CT molecular complexity index is 2870. The number of primary amides is 2. The summed E-state index contributed by atoms with van der Waals surface area (Å²) in [6.45, 7) is 7.20. The number of hydrogen-bond donors (Lipinski definition) is 14. The summed E-state index contributed by atoms with van der Waals surface area (Å²) in [5.74, 6) is -12.0. The van der Waals surface area contributed by atoms with Crippen molar-refractivity contribution in [2.75, 3.05) is 18.9 Å². The van der Waals surface area contributed by atoms with Gasteiger partial charge in [-0.2, -0.15) is 11.8 Å². The number of nitrogens with two attached hydrogens (primary N) is 3. The van der Waals surface area contributed by atoms with Gasteiger partial charge in [-0.25, -0.2) is 9.79 Å². The zero-order valence-corrected chi connectivity index (χ0v) is 43.3. The van der Waals surface area contributed by atoms with Crippen LogP contribution in [0.2, 0.25) is 0 Å². The van der Waals surface area contributed by atoms with Crippen LogP contribution in [0.15, 0.2) is 27.9 Å². The van der Waals surface area contributed by atoms with E-state index in [4.69, 9.17) is 17.2 Å². The first kappa shape index (κ1) is 60.6. The zero-order valence-electron chi connectivity index (χ0n) is 42.5. The van der Waals surface area contributed by atoms with E-state index in [1.54, 1.807) is 52.0 Å². The number of aromatic nitrogens is 2. The van der Waals surface area contributed by atoms with Crippen LogP contribution in [-0.2, 0) is 65.6 Å². The molecule has 7 unspecified atom stereocenters. The molecule has 412 valence electrons. The van der Waals surface area contributed by atoms with Gasteiger partial charge in [-0.15, -0.1) is 0 Å². The molecule has 26 nitrogen and oxygen atoms in total. The number of rotatable bonds is 29. The highest BCUT2D eigenvalue weighted by atomic mass is 32.2. The molecule has 7 atom stereocenters. The molecule has 2 aromatic rings. The Morgan fingerprint density at radius 2 is 1.42 bits per heavy atom. The number of carboxylic acids is 3. The molecule has 17 N–H and O–H groups in total. The number of aryl methyl sites for hydroxylation is 1. The fourth-order valence-electron chi connectivity index (χ4n) is 8.59. The fraction of sp³-hybridized carbons (Fsp3) is 0.469. The van der Waals surface area contributed by atoms with Gasteiger partial charge in [0.25, 0.3) is 5.91 Å². The third-order valence-electron chi connectivity index (χ3n) is 12.7. The summed E-state index contributed by atoms with van der Waals surface area (Å²) in [4.78, 5) is 148. The summed E-state index contributed by atoms with van der Waals surface area (Å²) in [6.07, 6.45) is 3.74. The van der Waals surface area contributed by atoms with E-state index in [1.165, 1.54) is 0 Å². The normalized spacial score (nSPS) is 18.4. The maximum atomic E-state index is 14.0. The Hall–Kier alpha value is -7.91. The number of hydrogen-bond acceptors (Lipinski definition) is 14. The Morgan fingerprint density at radius 3 is 2.00 bits per heavy atom. The van der Waals surface area contributed by atoms with Crippen LogP contribution in [0.25, 0.3) is 18.2 Å². The lowest BCUT2D eigenvalue weighted by atomic mass is 9.91. The molecule has 76 heavy (non-hydrogen) atoms. The molecule has 2 aliphatic rings. The van der Waals surface area contributed by atoms with Gasteiger partial charge < -0.3 is 74.2 Å². The maximum Gasteiger partial charge on any atom is 0.326 e. The minimum absolute atomic E-state index is 0.0602. The van der Waals surface area contributed by atoms with Crippen LogP contribution in [0.1, 0.15) is 94.3 Å². The summed E-state index contributed by atoms with van der Waals surface area (Å²) < 4.78 is 0. The molecule has 2 aromatic heterocycles. The molecule has 4 rings (SSSR count). The van der Waals surface area contributed by atoms with Gasteiger partial charge in [0.1, 0.15) is 24.2 Å². The number of H-pyrrole nitrogens is 2. The number of carboxylic acid groups (broad SMARTS) is 3. The molecule has 0 radical (unpaired) electrons. The third kappa shape index (κ3) is 16.5. The SMILES string of the molecule is CCC1=C(C)C(C=c2[nH]c(=Cc3[nH]c(C=C4NC(=O)C(C)C4C(C)SCC(NC(=O)C(CC(N)=O)NC(=O)CN)C(=O)NC(CO)C(=O)NC(CCC(N)=O)C(=O)O)cc3CCC(=O)O)c(CCC(=O)O)c2C)=NC1=O. The van der Waals surface area contributed by atoms with Crippen LogP contribution in [0.3, 0.4) is 0 Å². The second-order valence-corrected chi connectivity index (χ2v) is 19.6. The predicted molar refractivity (Wildman–Crippen MR) is 275 cm³/mol. The lowest BCUT2D eigenvalue weighted by Gasteiger charge is -2.27. The summed E-state index contributed by atoms with van der Waals surface area (Å²) in [6, 6.07) is -4.97. The first-order chi connectivity index (χ1) is 35.8. The van der Waals surface area contributed by atoms with Gasteiger partial charge in [-0.1, -0.05) is 20.8 Å². The van der Waals surface area contributed by atoms with Crippen molar-refractivity contribution in [2.24, 2.45) is 34.0 Å². The molecule has 4 heterocycles. The standard InChI is InChI=1S/C49H65N11O15S/c1-6-27-21(2)31(57-45(27)70)15-30-22(3)28(8-12-42(67)68)33(54-30)16-32-25(7-11-41(65)66)13-26(53-32)14-34-43(23(4)44(69)58-34)24(5)76-20-37(60-46(71)35(17-39(52)63)55-40(64)18-50)48(73)59-36(19-61)47(72)56-29(49(74)75)9-10-38(51)62/h13-16,23-24,29,35-37,43,53-54,61H,6-12,17-20,50H2,1-5H3,(H2,51,62)(H2,52,63)(H,55,64)(H,56,72)(H,58,69)(H,59,73)(H,60,71)(H,65,66)(H,67,68)(H,74,75). The number of carbonyl (C=O) groups is 11. The van der Waals surface area contributed by atoms with Crippen molar-refractivity contribution in [1.29, 1.82) is 0 Å². The molecule has 0 aliphatic carbocycles. The Morgan fingerprint density at radius 1 is 0.803 bits per heavy atom. The van der Waals surface area contributed by atoms with E-state index in [1.807, 2.05) is 6.92 Å². The van der Waals surface area contributed by atoms with Gasteiger partial charge in [0.15, 0.2) is 0 Å². The molecule has 27 heteroatoms. The molecule has 0 aromatic carbocycles. The average molecular weight is 1080 g/mol. The van der Waals surface area contributed by atoms with E-state index < -0.39 is 127 Å². The van der Waals surface area contributed by atoms with Gasteiger partial charge in [-0.05, 0) is 86.1 Å². The Balaban J connectivity index is 1.73. The van der Waals surface area contributed by atoms with Gasteiger partial charge >= 0.3 is 17.9 Å². The van der Waals surface area contributed by atoms with E-state index >= 15 is 0 Å². The number of amides is 8. The lowest BCUT2D eigenvalue weighted by molar-refractivity contribution is -0.143. The number of nitrogens with one attached hydrogen (secondary N) is 7. The molecule has 0 spiro atoms. The van der Waals surface area contributed by atoms with E-state index in [-0.39, 0.29) is 43.3 Å². The number of aliphatic hydroxyl groups is 1. The van der Waals surface area contributed by atoms with Gasteiger partial charge in [-0.3, -0.25) is 47.9 Å². The number of thioether (sulfide) groups is 1. The smallest absolute Gasteiger partial charge is 0.326 e. The minimum Gasteiger partial charge on any atom is -0.481 e. The highest BCUT2D eigenvalue weighted by Crippen LogP contribution is 2.37. The van der Waals surface area contributed by atoms with Crippen LogP contribution in [0.4, 0.5) is 0 Å². The average Bonchev–Trinajstić information content (AvgIpc) is 4.04. The van der Waals surface area contributed by atoms with Gasteiger partial charge in [0.2, 0.25) is 41.4 Å². The predicted octanol–water partition coefficient (Wildman–Crippen LogP) is -3.04. The Labute approximate surface area is 439 Å². The molecule has 8 amide bonds. The number of aliphatic carboxylic acids is 3. The van der Waals surface area contributed by atoms with Gasteiger partial charge in [0.05, 0.1) is 25.3 Å². The second kappa shape index (κ2) is 27.6. The first-order valence-corrected chi connectivity index (χ1v) is 25.2. The molecule has 1 fully saturated rings.